The van der Waals surface area contributed by atoms with Gasteiger partial charge in [0, 0.05) is 18.1 Å². The van der Waals surface area contributed by atoms with E-state index in [2.05, 4.69) is 0 Å². The molecule has 0 saturated carbocycles. The lowest BCUT2D eigenvalue weighted by Gasteiger charge is -2.36. The van der Waals surface area contributed by atoms with E-state index in [0.717, 1.165) is 10.6 Å². The SMILES string of the molecule is COC(=O)C1CCN(C(=O)C(C)N(c2cc(Cl)ccc2OC)S(C)(=O)=O)CC1. The first-order chi connectivity index (χ1) is 13.1. The van der Waals surface area contributed by atoms with Crippen LogP contribution in [0.5, 0.6) is 5.75 Å². The predicted octanol–water partition coefficient (Wildman–Crippen LogP) is 1.91. The van der Waals surface area contributed by atoms with Crippen molar-refractivity contribution in [1.29, 1.82) is 0 Å². The van der Waals surface area contributed by atoms with Gasteiger partial charge in [-0.3, -0.25) is 13.9 Å². The van der Waals surface area contributed by atoms with E-state index in [1.165, 1.54) is 27.2 Å². The average Bonchev–Trinajstić information content (AvgIpc) is 2.66. The minimum absolute atomic E-state index is 0.197. The van der Waals surface area contributed by atoms with E-state index >= 15 is 0 Å². The van der Waals surface area contributed by atoms with Gasteiger partial charge in [-0.25, -0.2) is 8.42 Å². The summed E-state index contributed by atoms with van der Waals surface area (Å²) in [4.78, 5) is 26.3. The van der Waals surface area contributed by atoms with Crippen molar-refractivity contribution < 1.29 is 27.5 Å². The molecule has 0 N–H and O–H groups in total. The number of hydrogen-bond acceptors (Lipinski definition) is 6. The molecule has 1 aliphatic rings. The molecule has 156 valence electrons. The van der Waals surface area contributed by atoms with Crippen molar-refractivity contribution in [3.8, 4) is 5.75 Å². The van der Waals surface area contributed by atoms with Crippen molar-refractivity contribution in [2.75, 3.05) is 37.9 Å². The quantitative estimate of drug-likeness (QED) is 0.637. The number of carbonyl (C=O) groups excluding carboxylic acids is 2. The smallest absolute Gasteiger partial charge is 0.308 e. The molecule has 1 amide bonds. The summed E-state index contributed by atoms with van der Waals surface area (Å²) in [6.07, 6.45) is 1.98. The van der Waals surface area contributed by atoms with Gasteiger partial charge in [0.1, 0.15) is 11.8 Å². The Morgan fingerprint density at radius 1 is 1.25 bits per heavy atom. The van der Waals surface area contributed by atoms with E-state index in [0.29, 0.717) is 36.7 Å². The maximum Gasteiger partial charge on any atom is 0.308 e. The zero-order valence-electron chi connectivity index (χ0n) is 16.3. The lowest BCUT2D eigenvalue weighted by molar-refractivity contribution is -0.149. The number of halogens is 1. The van der Waals surface area contributed by atoms with E-state index in [-0.39, 0.29) is 23.5 Å². The summed E-state index contributed by atoms with van der Waals surface area (Å²) >= 11 is 6.04. The summed E-state index contributed by atoms with van der Waals surface area (Å²) in [7, 11) is -1.05. The van der Waals surface area contributed by atoms with Gasteiger partial charge in [0.15, 0.2) is 0 Å². The zero-order valence-corrected chi connectivity index (χ0v) is 17.9. The molecule has 10 heteroatoms. The molecule has 1 fully saturated rings. The summed E-state index contributed by atoms with van der Waals surface area (Å²) in [6, 6.07) is 3.58. The molecule has 1 aromatic carbocycles. The van der Waals surface area contributed by atoms with Crippen LogP contribution in [-0.4, -0.2) is 64.8 Å². The molecule has 2 rings (SSSR count). The number of methoxy groups -OCH3 is 2. The van der Waals surface area contributed by atoms with Gasteiger partial charge in [-0.05, 0) is 38.0 Å². The van der Waals surface area contributed by atoms with Crippen LogP contribution in [0.3, 0.4) is 0 Å². The second kappa shape index (κ2) is 9.00. The number of likely N-dealkylation sites (tertiary alicyclic amines) is 1. The second-order valence-corrected chi connectivity index (χ2v) is 8.97. The monoisotopic (exact) mass is 432 g/mol. The predicted molar refractivity (Wildman–Crippen MR) is 106 cm³/mol. The third-order valence-corrected chi connectivity index (χ3v) is 6.25. The van der Waals surface area contributed by atoms with E-state index in [1.807, 2.05) is 0 Å². The van der Waals surface area contributed by atoms with Crippen LogP contribution in [0.1, 0.15) is 19.8 Å². The number of nitrogens with zero attached hydrogens (tertiary/aromatic N) is 2. The molecule has 0 spiro atoms. The van der Waals surface area contributed by atoms with Gasteiger partial charge in [-0.15, -0.1) is 0 Å². The lowest BCUT2D eigenvalue weighted by atomic mass is 9.96. The number of esters is 1. The summed E-state index contributed by atoms with van der Waals surface area (Å²) in [5.74, 6) is -0.598. The zero-order chi connectivity index (χ0) is 21.1. The van der Waals surface area contributed by atoms with E-state index < -0.39 is 16.1 Å². The maximum atomic E-state index is 13.0. The van der Waals surface area contributed by atoms with Gasteiger partial charge in [-0.1, -0.05) is 11.6 Å². The second-order valence-electron chi connectivity index (χ2n) is 6.67. The van der Waals surface area contributed by atoms with Crippen LogP contribution in [0.2, 0.25) is 5.02 Å². The highest BCUT2D eigenvalue weighted by Gasteiger charge is 2.36. The van der Waals surface area contributed by atoms with Crippen LogP contribution < -0.4 is 9.04 Å². The topological polar surface area (TPSA) is 93.2 Å². The Labute approximate surface area is 170 Å². The highest BCUT2D eigenvalue weighted by molar-refractivity contribution is 7.92. The Morgan fingerprint density at radius 3 is 2.36 bits per heavy atom. The molecule has 8 nitrogen and oxygen atoms in total. The van der Waals surface area contributed by atoms with E-state index in [4.69, 9.17) is 21.1 Å². The van der Waals surface area contributed by atoms with Gasteiger partial charge in [0.05, 0.1) is 32.1 Å². The molecule has 1 unspecified atom stereocenters. The van der Waals surface area contributed by atoms with Crippen molar-refractivity contribution in [2.24, 2.45) is 5.92 Å². The summed E-state index contributed by atoms with van der Waals surface area (Å²) < 4.78 is 36.1. The van der Waals surface area contributed by atoms with Gasteiger partial charge in [0.25, 0.3) is 0 Å². The summed E-state index contributed by atoms with van der Waals surface area (Å²) in [6.45, 7) is 2.23. The molecule has 28 heavy (non-hydrogen) atoms. The van der Waals surface area contributed by atoms with Crippen molar-refractivity contribution in [1.82, 2.24) is 4.90 Å². The number of carbonyl (C=O) groups is 2. The van der Waals surface area contributed by atoms with Crippen molar-refractivity contribution in [2.45, 2.75) is 25.8 Å². The number of rotatable bonds is 6. The molecule has 0 aliphatic carbocycles. The van der Waals surface area contributed by atoms with E-state index in [9.17, 15) is 18.0 Å². The molecule has 0 radical (unpaired) electrons. The fourth-order valence-corrected chi connectivity index (χ4v) is 4.71. The first-order valence-electron chi connectivity index (χ1n) is 8.79. The number of amides is 1. The fourth-order valence-electron chi connectivity index (χ4n) is 3.38. The van der Waals surface area contributed by atoms with Gasteiger partial charge < -0.3 is 14.4 Å². The van der Waals surface area contributed by atoms with Crippen molar-refractivity contribution in [3.63, 3.8) is 0 Å². The van der Waals surface area contributed by atoms with Crippen molar-refractivity contribution >= 4 is 39.2 Å². The van der Waals surface area contributed by atoms with E-state index in [1.54, 1.807) is 17.0 Å². The third kappa shape index (κ3) is 4.88. The minimum atomic E-state index is -3.81. The number of hydrogen-bond donors (Lipinski definition) is 0. The maximum absolute atomic E-state index is 13.0. The number of anilines is 1. The Bertz CT molecular complexity index is 836. The lowest BCUT2D eigenvalue weighted by Crippen LogP contribution is -2.51. The highest BCUT2D eigenvalue weighted by Crippen LogP contribution is 2.34. The number of sulfonamides is 1. The third-order valence-electron chi connectivity index (χ3n) is 4.79. The normalized spacial score (nSPS) is 16.4. The standard InChI is InChI=1S/C18H25ClN2O6S/c1-12(17(22)20-9-7-13(8-10-20)18(23)27-3)21(28(4,24)25)15-11-14(19)5-6-16(15)26-2/h5-6,11-13H,7-10H2,1-4H3. The molecular formula is C18H25ClN2O6S. The van der Waals surface area contributed by atoms with Crippen LogP contribution in [0.4, 0.5) is 5.69 Å². The number of piperidine rings is 1. The Kier molecular flexibility index (Phi) is 7.16. The van der Waals surface area contributed by atoms with Crippen LogP contribution in [0.25, 0.3) is 0 Å². The molecule has 0 aromatic heterocycles. The van der Waals surface area contributed by atoms with Crippen LogP contribution in [-0.2, 0) is 24.3 Å². The molecule has 0 bridgehead atoms. The Morgan fingerprint density at radius 2 is 1.86 bits per heavy atom. The minimum Gasteiger partial charge on any atom is -0.495 e. The molecule has 1 aliphatic heterocycles. The highest BCUT2D eigenvalue weighted by atomic mass is 35.5. The summed E-state index contributed by atoms with van der Waals surface area (Å²) in [5.41, 5.74) is 0.197. The summed E-state index contributed by atoms with van der Waals surface area (Å²) in [5, 5.41) is 0.322. The van der Waals surface area contributed by atoms with Gasteiger partial charge >= 0.3 is 5.97 Å². The molecule has 1 heterocycles. The van der Waals surface area contributed by atoms with Gasteiger partial charge in [0.2, 0.25) is 15.9 Å². The van der Waals surface area contributed by atoms with Gasteiger partial charge in [-0.2, -0.15) is 0 Å². The average molecular weight is 433 g/mol. The fraction of sp³-hybridized carbons (Fsp3) is 0.556. The first kappa shape index (κ1) is 22.3. The Hall–Kier alpha value is -2.00. The largest absolute Gasteiger partial charge is 0.495 e. The molecule has 1 aromatic rings. The number of ether oxygens (including phenoxy) is 2. The Balaban J connectivity index is 2.28. The molecule has 1 atom stereocenters. The first-order valence-corrected chi connectivity index (χ1v) is 11.0. The van der Waals surface area contributed by atoms with Crippen LogP contribution in [0, 0.1) is 5.92 Å². The van der Waals surface area contributed by atoms with Crippen LogP contribution in [0.15, 0.2) is 18.2 Å². The van der Waals surface area contributed by atoms with Crippen molar-refractivity contribution in [3.05, 3.63) is 23.2 Å². The molecular weight excluding hydrogens is 408 g/mol. The van der Waals surface area contributed by atoms with Crippen LogP contribution >= 0.6 is 11.6 Å². The number of benzene rings is 1. The molecule has 1 saturated heterocycles.